The third kappa shape index (κ3) is 7.32. The number of ether oxygens (including phenoxy) is 2. The maximum atomic E-state index is 10.4. The van der Waals surface area contributed by atoms with Gasteiger partial charge >= 0.3 is 5.97 Å². The Morgan fingerprint density at radius 3 is 2.83 bits per heavy atom. The smallest absolute Gasteiger partial charge is 0.384 e. The van der Waals surface area contributed by atoms with Crippen LogP contribution in [0.25, 0.3) is 0 Å². The summed E-state index contributed by atoms with van der Waals surface area (Å²) in [6.07, 6.45) is 0. The van der Waals surface area contributed by atoms with Gasteiger partial charge in [-0.3, -0.25) is 0 Å². The highest BCUT2D eigenvalue weighted by Gasteiger charge is 1.89. The van der Waals surface area contributed by atoms with Crippen LogP contribution in [0.2, 0.25) is 0 Å². The minimum Gasteiger partial charge on any atom is -0.459 e. The van der Waals surface area contributed by atoms with E-state index in [0.717, 1.165) is 4.48 Å². The van der Waals surface area contributed by atoms with Crippen molar-refractivity contribution in [2.75, 3.05) is 20.3 Å². The van der Waals surface area contributed by atoms with Crippen LogP contribution in [0.4, 0.5) is 0 Å². The lowest BCUT2D eigenvalue weighted by molar-refractivity contribution is -0.133. The molecule has 0 aliphatic heterocycles. The Hall–Kier alpha value is -0.790. The molecule has 0 aromatic rings. The molecular weight excluding hydrogens is 224 g/mol. The second-order valence-corrected chi connectivity index (χ2v) is 2.92. The molecule has 3 nitrogen and oxygen atoms in total. The van der Waals surface area contributed by atoms with Gasteiger partial charge in [0, 0.05) is 10.4 Å². The molecular formula is C8H9BrO3. The van der Waals surface area contributed by atoms with Crippen molar-refractivity contribution in [3.05, 3.63) is 11.1 Å². The van der Waals surface area contributed by atoms with Crippen LogP contribution in [0.15, 0.2) is 11.1 Å². The van der Waals surface area contributed by atoms with Crippen molar-refractivity contribution in [1.82, 2.24) is 0 Å². The first kappa shape index (κ1) is 11.2. The maximum absolute atomic E-state index is 10.4. The van der Waals surface area contributed by atoms with E-state index in [9.17, 15) is 4.79 Å². The van der Waals surface area contributed by atoms with Gasteiger partial charge in [-0.1, -0.05) is 28.4 Å². The van der Waals surface area contributed by atoms with Crippen LogP contribution in [-0.2, 0) is 14.3 Å². The van der Waals surface area contributed by atoms with E-state index in [1.54, 1.807) is 0 Å². The summed E-state index contributed by atoms with van der Waals surface area (Å²) in [5.74, 6) is 4.15. The highest BCUT2D eigenvalue weighted by molar-refractivity contribution is 9.11. The average molecular weight is 233 g/mol. The zero-order valence-electron chi connectivity index (χ0n) is 6.72. The molecule has 4 heteroatoms. The van der Waals surface area contributed by atoms with E-state index >= 15 is 0 Å². The molecule has 0 spiro atoms. The van der Waals surface area contributed by atoms with Crippen LogP contribution in [0.5, 0.6) is 0 Å². The lowest BCUT2D eigenvalue weighted by Gasteiger charge is -1.94. The van der Waals surface area contributed by atoms with Gasteiger partial charge in [-0.05, 0) is 0 Å². The fourth-order valence-corrected chi connectivity index (χ4v) is 0.534. The van der Waals surface area contributed by atoms with E-state index < -0.39 is 5.97 Å². The van der Waals surface area contributed by atoms with Crippen LogP contribution in [0.3, 0.4) is 0 Å². The van der Waals surface area contributed by atoms with E-state index in [1.807, 2.05) is 0 Å². The van der Waals surface area contributed by atoms with Gasteiger partial charge in [0.15, 0.2) is 0 Å². The predicted octanol–water partition coefficient (Wildman–Crippen LogP) is 1.09. The third-order valence-electron chi connectivity index (χ3n) is 0.809. The lowest BCUT2D eigenvalue weighted by Crippen LogP contribution is -1.97. The van der Waals surface area contributed by atoms with Gasteiger partial charge in [0.1, 0.15) is 6.61 Å². The molecule has 0 saturated heterocycles. The van der Waals surface area contributed by atoms with Crippen LogP contribution < -0.4 is 0 Å². The van der Waals surface area contributed by atoms with Crippen molar-refractivity contribution < 1.29 is 14.3 Å². The first-order chi connectivity index (χ1) is 5.66. The largest absolute Gasteiger partial charge is 0.459 e. The van der Waals surface area contributed by atoms with Gasteiger partial charge in [-0.25, -0.2) is 4.79 Å². The molecule has 0 aliphatic carbocycles. The second kappa shape index (κ2) is 6.89. The summed E-state index contributed by atoms with van der Waals surface area (Å²) < 4.78 is 9.98. The molecule has 0 N–H and O–H groups in total. The lowest BCUT2D eigenvalue weighted by atomic mass is 10.6. The summed E-state index contributed by atoms with van der Waals surface area (Å²) in [6, 6.07) is 0. The number of hydrogen-bond acceptors (Lipinski definition) is 3. The molecule has 0 atom stereocenters. The Balaban J connectivity index is 3.46. The monoisotopic (exact) mass is 232 g/mol. The molecule has 0 aromatic carbocycles. The summed E-state index contributed by atoms with van der Waals surface area (Å²) in [6.45, 7) is 4.13. The second-order valence-electron chi connectivity index (χ2n) is 1.80. The standard InChI is InChI=1S/C8H9BrO3/c1-7(9)6-12-5-3-4-8(10)11-2/h1,5-6H2,2H3. The first-order valence-corrected chi connectivity index (χ1v) is 3.94. The highest BCUT2D eigenvalue weighted by atomic mass is 79.9. The van der Waals surface area contributed by atoms with Crippen LogP contribution in [0.1, 0.15) is 0 Å². The Morgan fingerprint density at radius 1 is 1.67 bits per heavy atom. The van der Waals surface area contributed by atoms with Crippen LogP contribution in [-0.4, -0.2) is 26.3 Å². The topological polar surface area (TPSA) is 35.5 Å². The molecule has 0 aromatic heterocycles. The number of methoxy groups -OCH3 is 1. The molecule has 12 heavy (non-hydrogen) atoms. The van der Waals surface area contributed by atoms with Gasteiger partial charge in [-0.2, -0.15) is 0 Å². The molecule has 0 rings (SSSR count). The predicted molar refractivity (Wildman–Crippen MR) is 48.7 cm³/mol. The van der Waals surface area contributed by atoms with Gasteiger partial charge < -0.3 is 9.47 Å². The third-order valence-corrected chi connectivity index (χ3v) is 1.04. The molecule has 0 amide bonds. The van der Waals surface area contributed by atoms with E-state index in [0.29, 0.717) is 6.61 Å². The van der Waals surface area contributed by atoms with E-state index in [-0.39, 0.29) is 6.61 Å². The number of hydrogen-bond donors (Lipinski definition) is 0. The first-order valence-electron chi connectivity index (χ1n) is 3.14. The van der Waals surface area contributed by atoms with Crippen molar-refractivity contribution in [1.29, 1.82) is 0 Å². The number of carbonyl (C=O) groups excluding carboxylic acids is 1. The Kier molecular flexibility index (Phi) is 6.44. The molecule has 0 unspecified atom stereocenters. The molecule has 0 aliphatic rings. The van der Waals surface area contributed by atoms with Gasteiger partial charge in [-0.15, -0.1) is 0 Å². The molecule has 0 fully saturated rings. The average Bonchev–Trinajstić information content (AvgIpc) is 2.03. The van der Waals surface area contributed by atoms with Crippen LogP contribution >= 0.6 is 15.9 Å². The Bertz CT molecular complexity index is 224. The van der Waals surface area contributed by atoms with E-state index in [4.69, 9.17) is 4.74 Å². The molecule has 0 saturated carbocycles. The Labute approximate surface area is 79.9 Å². The minimum atomic E-state index is -0.559. The van der Waals surface area contributed by atoms with Gasteiger partial charge in [0.2, 0.25) is 0 Å². The zero-order chi connectivity index (χ0) is 9.40. The van der Waals surface area contributed by atoms with Crippen molar-refractivity contribution in [3.63, 3.8) is 0 Å². The van der Waals surface area contributed by atoms with Crippen LogP contribution in [0, 0.1) is 11.8 Å². The number of carbonyl (C=O) groups is 1. The maximum Gasteiger partial charge on any atom is 0.384 e. The van der Waals surface area contributed by atoms with Gasteiger partial charge in [0.05, 0.1) is 13.7 Å². The van der Waals surface area contributed by atoms with Crippen molar-refractivity contribution in [3.8, 4) is 11.8 Å². The summed E-state index contributed by atoms with van der Waals surface area (Å²) in [4.78, 5) is 10.4. The van der Waals surface area contributed by atoms with E-state index in [1.165, 1.54) is 7.11 Å². The molecule has 0 heterocycles. The van der Waals surface area contributed by atoms with E-state index in [2.05, 4.69) is 39.1 Å². The fourth-order valence-electron chi connectivity index (χ4n) is 0.372. The summed E-state index contributed by atoms with van der Waals surface area (Å²) in [5.41, 5.74) is 0. The molecule has 0 radical (unpaired) electrons. The molecule has 66 valence electrons. The quantitative estimate of drug-likeness (QED) is 0.317. The normalized spacial score (nSPS) is 8.17. The highest BCUT2D eigenvalue weighted by Crippen LogP contribution is 1.99. The van der Waals surface area contributed by atoms with Crippen molar-refractivity contribution >= 4 is 21.9 Å². The van der Waals surface area contributed by atoms with Crippen molar-refractivity contribution in [2.45, 2.75) is 0 Å². The summed E-state index contributed by atoms with van der Waals surface area (Å²) in [7, 11) is 1.28. The molecule has 0 bridgehead atoms. The Morgan fingerprint density at radius 2 is 2.33 bits per heavy atom. The summed E-state index contributed by atoms with van der Waals surface area (Å²) >= 11 is 3.11. The number of halogens is 1. The minimum absolute atomic E-state index is 0.194. The fraction of sp³-hybridized carbons (Fsp3) is 0.375. The van der Waals surface area contributed by atoms with Crippen molar-refractivity contribution in [2.24, 2.45) is 0 Å². The van der Waals surface area contributed by atoms with Gasteiger partial charge in [0.25, 0.3) is 0 Å². The number of rotatable bonds is 3. The summed E-state index contributed by atoms with van der Waals surface area (Å²) in [5, 5.41) is 0. The SMILES string of the molecule is C=C(Br)COCC#CC(=O)OC. The number of esters is 1. The zero-order valence-corrected chi connectivity index (χ0v) is 8.31.